The average Bonchev–Trinajstić information content (AvgIpc) is 2.38. The number of rotatable bonds is 3. The van der Waals surface area contributed by atoms with E-state index in [4.69, 9.17) is 5.26 Å². The van der Waals surface area contributed by atoms with Gasteiger partial charge >= 0.3 is 0 Å². The normalized spacial score (nSPS) is 16.4. The highest BCUT2D eigenvalue weighted by Gasteiger charge is 2.24. The van der Waals surface area contributed by atoms with Crippen LogP contribution >= 0.6 is 24.8 Å². The van der Waals surface area contributed by atoms with E-state index in [9.17, 15) is 5.11 Å². The summed E-state index contributed by atoms with van der Waals surface area (Å²) >= 11 is 0. The van der Waals surface area contributed by atoms with Gasteiger partial charge in [0.1, 0.15) is 5.75 Å². The van der Waals surface area contributed by atoms with Crippen molar-refractivity contribution in [2.45, 2.75) is 19.4 Å². The van der Waals surface area contributed by atoms with E-state index >= 15 is 0 Å². The molecule has 0 amide bonds. The average molecular weight is 318 g/mol. The maximum atomic E-state index is 10.1. The van der Waals surface area contributed by atoms with E-state index in [-0.39, 0.29) is 30.9 Å². The molecule has 0 aromatic heterocycles. The number of aromatic hydroxyl groups is 1. The van der Waals surface area contributed by atoms with Crippen molar-refractivity contribution in [2.75, 3.05) is 26.2 Å². The van der Waals surface area contributed by atoms with Crippen LogP contribution in [0.5, 0.6) is 5.75 Å². The van der Waals surface area contributed by atoms with Crippen LogP contribution in [0.25, 0.3) is 0 Å². The molecular formula is C14H21Cl2N3O. The van der Waals surface area contributed by atoms with Crippen LogP contribution in [0.15, 0.2) is 18.2 Å². The molecule has 2 N–H and O–H groups in total. The van der Waals surface area contributed by atoms with Gasteiger partial charge in [0.2, 0.25) is 0 Å². The second-order valence-corrected chi connectivity index (χ2v) is 4.73. The lowest BCUT2D eigenvalue weighted by Crippen LogP contribution is -2.45. The van der Waals surface area contributed by atoms with Gasteiger partial charge in [-0.3, -0.25) is 4.90 Å². The standard InChI is InChI=1S/C14H19N3O.2ClH/c1-11-2-3-12(14(18)10-11)13(4-5-15)17-8-6-16-7-9-17;;/h2-3,10,13,16,18H,4,6-9H2,1H3;2*1H/t13-;;/m0../s1. The lowest BCUT2D eigenvalue weighted by molar-refractivity contribution is 0.173. The molecule has 0 aliphatic carbocycles. The van der Waals surface area contributed by atoms with Crippen molar-refractivity contribution in [3.05, 3.63) is 29.3 Å². The van der Waals surface area contributed by atoms with Gasteiger partial charge in [-0.2, -0.15) is 5.26 Å². The summed E-state index contributed by atoms with van der Waals surface area (Å²) in [5.41, 5.74) is 1.90. The van der Waals surface area contributed by atoms with E-state index in [2.05, 4.69) is 16.3 Å². The van der Waals surface area contributed by atoms with E-state index in [1.807, 2.05) is 19.1 Å². The molecule has 0 saturated carbocycles. The molecule has 0 spiro atoms. The highest BCUT2D eigenvalue weighted by Crippen LogP contribution is 2.31. The predicted molar refractivity (Wildman–Crippen MR) is 84.8 cm³/mol. The topological polar surface area (TPSA) is 59.3 Å². The number of aryl methyl sites for hydroxylation is 1. The van der Waals surface area contributed by atoms with Gasteiger partial charge in [0.25, 0.3) is 0 Å². The molecular weight excluding hydrogens is 297 g/mol. The zero-order valence-corrected chi connectivity index (χ0v) is 13.1. The van der Waals surface area contributed by atoms with Crippen molar-refractivity contribution in [3.63, 3.8) is 0 Å². The Hall–Kier alpha value is -0.990. The van der Waals surface area contributed by atoms with Gasteiger partial charge < -0.3 is 10.4 Å². The summed E-state index contributed by atoms with van der Waals surface area (Å²) in [6.07, 6.45) is 0.413. The monoisotopic (exact) mass is 317 g/mol. The van der Waals surface area contributed by atoms with Gasteiger partial charge in [0.15, 0.2) is 0 Å². The van der Waals surface area contributed by atoms with Crippen LogP contribution in [-0.4, -0.2) is 36.2 Å². The van der Waals surface area contributed by atoms with Crippen LogP contribution in [0, 0.1) is 18.3 Å². The first-order chi connectivity index (χ1) is 8.72. The maximum Gasteiger partial charge on any atom is 0.120 e. The second kappa shape index (κ2) is 9.04. The summed E-state index contributed by atoms with van der Waals surface area (Å²) in [6.45, 7) is 5.66. The van der Waals surface area contributed by atoms with Crippen LogP contribution in [-0.2, 0) is 0 Å². The van der Waals surface area contributed by atoms with Crippen molar-refractivity contribution in [1.29, 1.82) is 5.26 Å². The number of phenolic OH excluding ortho intramolecular Hbond substituents is 1. The molecule has 0 bridgehead atoms. The third kappa shape index (κ3) is 4.53. The Kier molecular flexibility index (Phi) is 8.59. The zero-order valence-electron chi connectivity index (χ0n) is 11.5. The molecule has 1 aliphatic rings. The smallest absolute Gasteiger partial charge is 0.120 e. The van der Waals surface area contributed by atoms with Crippen molar-refractivity contribution in [1.82, 2.24) is 10.2 Å². The minimum atomic E-state index is -0.00213. The number of halogens is 2. The summed E-state index contributed by atoms with van der Waals surface area (Å²) in [5.74, 6) is 0.300. The summed E-state index contributed by atoms with van der Waals surface area (Å²) in [5, 5.41) is 22.4. The van der Waals surface area contributed by atoms with Gasteiger partial charge in [-0.15, -0.1) is 24.8 Å². The zero-order chi connectivity index (χ0) is 13.0. The Morgan fingerprint density at radius 2 is 2.00 bits per heavy atom. The summed E-state index contributed by atoms with van der Waals surface area (Å²) in [4.78, 5) is 2.27. The third-order valence-corrected chi connectivity index (χ3v) is 3.42. The van der Waals surface area contributed by atoms with Crippen LogP contribution < -0.4 is 5.32 Å². The molecule has 2 rings (SSSR count). The molecule has 1 aromatic rings. The Balaban J connectivity index is 0.00000180. The molecule has 0 unspecified atom stereocenters. The molecule has 1 aromatic carbocycles. The predicted octanol–water partition coefficient (Wildman–Crippen LogP) is 2.40. The fraction of sp³-hybridized carbons (Fsp3) is 0.500. The first-order valence-corrected chi connectivity index (χ1v) is 6.33. The first kappa shape index (κ1) is 19.0. The van der Waals surface area contributed by atoms with Crippen LogP contribution in [0.1, 0.15) is 23.6 Å². The van der Waals surface area contributed by atoms with Crippen LogP contribution in [0.4, 0.5) is 0 Å². The third-order valence-electron chi connectivity index (χ3n) is 3.42. The van der Waals surface area contributed by atoms with E-state index in [1.165, 1.54) is 0 Å². The lowest BCUT2D eigenvalue weighted by atomic mass is 9.99. The van der Waals surface area contributed by atoms with Gasteiger partial charge in [0.05, 0.1) is 18.5 Å². The van der Waals surface area contributed by atoms with Gasteiger partial charge in [-0.25, -0.2) is 0 Å². The van der Waals surface area contributed by atoms with Crippen molar-refractivity contribution in [2.24, 2.45) is 0 Å². The Labute approximate surface area is 132 Å². The van der Waals surface area contributed by atoms with Gasteiger partial charge in [-0.05, 0) is 18.6 Å². The molecule has 4 nitrogen and oxygen atoms in total. The highest BCUT2D eigenvalue weighted by atomic mass is 35.5. The molecule has 6 heteroatoms. The van der Waals surface area contributed by atoms with Crippen LogP contribution in [0.3, 0.4) is 0 Å². The fourth-order valence-electron chi connectivity index (χ4n) is 2.45. The summed E-state index contributed by atoms with van der Waals surface area (Å²) in [7, 11) is 0. The largest absolute Gasteiger partial charge is 0.508 e. The number of hydrogen-bond acceptors (Lipinski definition) is 4. The van der Waals surface area contributed by atoms with Crippen molar-refractivity contribution >= 4 is 24.8 Å². The summed E-state index contributed by atoms with van der Waals surface area (Å²) in [6, 6.07) is 7.92. The fourth-order valence-corrected chi connectivity index (χ4v) is 2.45. The Morgan fingerprint density at radius 1 is 1.35 bits per heavy atom. The number of nitriles is 1. The van der Waals surface area contributed by atoms with Crippen molar-refractivity contribution in [3.8, 4) is 11.8 Å². The highest BCUT2D eigenvalue weighted by molar-refractivity contribution is 5.85. The lowest BCUT2D eigenvalue weighted by Gasteiger charge is -2.34. The Bertz CT molecular complexity index is 456. The number of phenols is 1. The molecule has 1 fully saturated rings. The van der Waals surface area contributed by atoms with Crippen LogP contribution in [0.2, 0.25) is 0 Å². The molecule has 0 radical (unpaired) electrons. The number of piperazine rings is 1. The molecule has 1 atom stereocenters. The quantitative estimate of drug-likeness (QED) is 0.898. The number of nitrogens with zero attached hydrogens (tertiary/aromatic N) is 2. The Morgan fingerprint density at radius 3 is 2.55 bits per heavy atom. The van der Waals surface area contributed by atoms with E-state index in [1.54, 1.807) is 6.07 Å². The second-order valence-electron chi connectivity index (χ2n) is 4.73. The molecule has 112 valence electrons. The van der Waals surface area contributed by atoms with E-state index in [0.29, 0.717) is 12.2 Å². The van der Waals surface area contributed by atoms with E-state index in [0.717, 1.165) is 37.3 Å². The summed E-state index contributed by atoms with van der Waals surface area (Å²) < 4.78 is 0. The maximum absolute atomic E-state index is 10.1. The molecule has 1 aliphatic heterocycles. The first-order valence-electron chi connectivity index (χ1n) is 6.33. The van der Waals surface area contributed by atoms with Gasteiger partial charge in [-0.1, -0.05) is 12.1 Å². The van der Waals surface area contributed by atoms with Crippen molar-refractivity contribution < 1.29 is 5.11 Å². The molecule has 1 heterocycles. The SMILES string of the molecule is Cc1ccc([C@H](CC#N)N2CCNCC2)c(O)c1.Cl.Cl. The molecule has 1 saturated heterocycles. The minimum absolute atomic E-state index is 0. The number of benzene rings is 1. The molecule has 20 heavy (non-hydrogen) atoms. The minimum Gasteiger partial charge on any atom is -0.508 e. The number of nitrogens with one attached hydrogen (secondary N) is 1. The van der Waals surface area contributed by atoms with E-state index < -0.39 is 0 Å². The number of hydrogen-bond donors (Lipinski definition) is 2. The van der Waals surface area contributed by atoms with Gasteiger partial charge in [0, 0.05) is 31.7 Å².